The van der Waals surface area contributed by atoms with Crippen molar-refractivity contribution in [1.29, 1.82) is 0 Å². The Balaban J connectivity index is 1.64. The van der Waals surface area contributed by atoms with Crippen molar-refractivity contribution >= 4 is 11.8 Å². The van der Waals surface area contributed by atoms with Crippen LogP contribution in [0.1, 0.15) is 56.1 Å². The van der Waals surface area contributed by atoms with E-state index in [0.717, 1.165) is 24.1 Å². The smallest absolute Gasteiger partial charge is 0.229 e. The summed E-state index contributed by atoms with van der Waals surface area (Å²) in [6, 6.07) is 0. The molecule has 0 spiro atoms. The van der Waals surface area contributed by atoms with Gasteiger partial charge in [-0.2, -0.15) is 4.98 Å². The van der Waals surface area contributed by atoms with Gasteiger partial charge >= 0.3 is 0 Å². The van der Waals surface area contributed by atoms with Crippen molar-refractivity contribution in [3.05, 3.63) is 17.5 Å². The van der Waals surface area contributed by atoms with Crippen LogP contribution >= 0.6 is 11.8 Å². The summed E-state index contributed by atoms with van der Waals surface area (Å²) < 4.78 is 7.31. The van der Waals surface area contributed by atoms with E-state index in [1.54, 1.807) is 11.8 Å². The van der Waals surface area contributed by atoms with E-state index in [9.17, 15) is 0 Å². The largest absolute Gasteiger partial charge is 0.339 e. The zero-order valence-electron chi connectivity index (χ0n) is 13.2. The summed E-state index contributed by atoms with van der Waals surface area (Å²) in [4.78, 5) is 4.39. The van der Waals surface area contributed by atoms with Crippen molar-refractivity contribution in [1.82, 2.24) is 30.2 Å². The number of nitrogens with one attached hydrogen (secondary N) is 1. The summed E-state index contributed by atoms with van der Waals surface area (Å²) in [5.41, 5.74) is 0. The molecule has 1 aliphatic heterocycles. The molecule has 0 aromatic carbocycles. The molecule has 8 heteroatoms. The van der Waals surface area contributed by atoms with E-state index in [-0.39, 0.29) is 5.92 Å². The zero-order valence-corrected chi connectivity index (χ0v) is 14.1. The lowest BCUT2D eigenvalue weighted by atomic mass is 9.99. The maximum Gasteiger partial charge on any atom is 0.229 e. The summed E-state index contributed by atoms with van der Waals surface area (Å²) in [7, 11) is 2.03. The first-order valence-corrected chi connectivity index (χ1v) is 8.69. The lowest BCUT2D eigenvalue weighted by molar-refractivity contribution is 0.362. The summed E-state index contributed by atoms with van der Waals surface area (Å²) in [5, 5.41) is 17.0. The molecular formula is C14H22N6OS. The average molecular weight is 322 g/mol. The van der Waals surface area contributed by atoms with Crippen molar-refractivity contribution in [3.8, 4) is 0 Å². The molecule has 0 amide bonds. The molecule has 0 aliphatic carbocycles. The topological polar surface area (TPSA) is 81.7 Å². The standard InChI is InChI=1S/C14H22N6OS/c1-9(2)13-16-11(19-21-13)8-22-14-18-17-12(20(14)3)10-5-4-6-15-7-10/h9-10,15H,4-8H2,1-3H3/t10-/m0/s1. The summed E-state index contributed by atoms with van der Waals surface area (Å²) in [6.07, 6.45) is 2.37. The van der Waals surface area contributed by atoms with Gasteiger partial charge in [0.25, 0.3) is 0 Å². The van der Waals surface area contributed by atoms with Gasteiger partial charge < -0.3 is 14.4 Å². The zero-order chi connectivity index (χ0) is 15.5. The highest BCUT2D eigenvalue weighted by atomic mass is 32.2. The predicted molar refractivity (Wildman–Crippen MR) is 83.8 cm³/mol. The van der Waals surface area contributed by atoms with Crippen molar-refractivity contribution in [2.45, 2.75) is 49.4 Å². The minimum atomic E-state index is 0.256. The van der Waals surface area contributed by atoms with Crippen LogP contribution in [0.4, 0.5) is 0 Å². The van der Waals surface area contributed by atoms with Crippen molar-refractivity contribution < 1.29 is 4.52 Å². The molecule has 7 nitrogen and oxygen atoms in total. The van der Waals surface area contributed by atoms with Crippen LogP contribution in [0, 0.1) is 0 Å². The van der Waals surface area contributed by atoms with Gasteiger partial charge in [0.1, 0.15) is 5.82 Å². The number of rotatable bonds is 5. The second kappa shape index (κ2) is 6.78. The van der Waals surface area contributed by atoms with Crippen molar-refractivity contribution in [2.75, 3.05) is 13.1 Å². The Morgan fingerprint density at radius 3 is 2.95 bits per heavy atom. The monoisotopic (exact) mass is 322 g/mol. The van der Waals surface area contributed by atoms with Crippen LogP contribution in [-0.2, 0) is 12.8 Å². The molecule has 0 saturated carbocycles. The molecule has 1 aliphatic rings. The molecule has 1 atom stereocenters. The van der Waals surface area contributed by atoms with Crippen LogP contribution in [-0.4, -0.2) is 38.0 Å². The van der Waals surface area contributed by atoms with Crippen LogP contribution in [0.2, 0.25) is 0 Å². The normalized spacial score (nSPS) is 19.0. The third kappa shape index (κ3) is 3.33. The van der Waals surface area contributed by atoms with Crippen LogP contribution in [0.25, 0.3) is 0 Å². The molecule has 3 rings (SSSR count). The molecule has 3 heterocycles. The highest BCUT2D eigenvalue weighted by Gasteiger charge is 2.22. The van der Waals surface area contributed by atoms with Gasteiger partial charge in [-0.05, 0) is 19.4 Å². The van der Waals surface area contributed by atoms with Gasteiger partial charge in [0.15, 0.2) is 11.0 Å². The Bertz CT molecular complexity index is 617. The highest BCUT2D eigenvalue weighted by molar-refractivity contribution is 7.98. The van der Waals surface area contributed by atoms with E-state index in [1.165, 1.54) is 12.8 Å². The van der Waals surface area contributed by atoms with Crippen LogP contribution < -0.4 is 5.32 Å². The van der Waals surface area contributed by atoms with Gasteiger partial charge in [-0.3, -0.25) is 0 Å². The Morgan fingerprint density at radius 1 is 1.41 bits per heavy atom. The number of thioether (sulfide) groups is 1. The van der Waals surface area contributed by atoms with Crippen molar-refractivity contribution in [2.24, 2.45) is 7.05 Å². The molecular weight excluding hydrogens is 300 g/mol. The van der Waals surface area contributed by atoms with Crippen LogP contribution in [0.3, 0.4) is 0 Å². The highest BCUT2D eigenvalue weighted by Crippen LogP contribution is 2.26. The number of aromatic nitrogens is 5. The molecule has 0 radical (unpaired) electrons. The number of nitrogens with zero attached hydrogens (tertiary/aromatic N) is 5. The van der Waals surface area contributed by atoms with E-state index in [0.29, 0.717) is 23.4 Å². The van der Waals surface area contributed by atoms with Gasteiger partial charge in [0.05, 0.1) is 5.75 Å². The minimum absolute atomic E-state index is 0.256. The third-order valence-electron chi connectivity index (χ3n) is 3.84. The predicted octanol–water partition coefficient (Wildman–Crippen LogP) is 2.08. The quantitative estimate of drug-likeness (QED) is 0.844. The molecule has 0 bridgehead atoms. The maximum atomic E-state index is 5.22. The SMILES string of the molecule is CC(C)c1nc(CSc2nnc([C@H]3CCCNC3)n2C)no1. The number of hydrogen-bond acceptors (Lipinski definition) is 7. The lowest BCUT2D eigenvalue weighted by Crippen LogP contribution is -2.29. The molecule has 1 fully saturated rings. The second-order valence-corrected chi connectivity index (χ2v) is 6.88. The van der Waals surface area contributed by atoms with Gasteiger partial charge in [0.2, 0.25) is 5.89 Å². The average Bonchev–Trinajstić information content (AvgIpc) is 3.13. The van der Waals surface area contributed by atoms with Gasteiger partial charge in [-0.25, -0.2) is 0 Å². The van der Waals surface area contributed by atoms with Gasteiger partial charge in [-0.15, -0.1) is 10.2 Å². The second-order valence-electron chi connectivity index (χ2n) is 5.94. The Morgan fingerprint density at radius 2 is 2.27 bits per heavy atom. The van der Waals surface area contributed by atoms with Gasteiger partial charge in [0, 0.05) is 25.4 Å². The Kier molecular flexibility index (Phi) is 4.77. The molecule has 1 saturated heterocycles. The number of piperidine rings is 1. The molecule has 2 aromatic heterocycles. The van der Waals surface area contributed by atoms with E-state index in [1.807, 2.05) is 20.9 Å². The Hall–Kier alpha value is -1.41. The Labute approximate surface area is 134 Å². The molecule has 120 valence electrons. The van der Waals surface area contributed by atoms with Crippen LogP contribution in [0.15, 0.2) is 9.68 Å². The number of hydrogen-bond donors (Lipinski definition) is 1. The molecule has 2 aromatic rings. The third-order valence-corrected chi connectivity index (χ3v) is 4.85. The van der Waals surface area contributed by atoms with E-state index < -0.39 is 0 Å². The first kappa shape index (κ1) is 15.5. The van der Waals surface area contributed by atoms with E-state index in [4.69, 9.17) is 4.52 Å². The van der Waals surface area contributed by atoms with Crippen LogP contribution in [0.5, 0.6) is 0 Å². The fourth-order valence-corrected chi connectivity index (χ4v) is 3.33. The molecule has 1 N–H and O–H groups in total. The lowest BCUT2D eigenvalue weighted by Gasteiger charge is -2.21. The summed E-state index contributed by atoms with van der Waals surface area (Å²) in [5.74, 6) is 3.81. The van der Waals surface area contributed by atoms with Crippen molar-refractivity contribution in [3.63, 3.8) is 0 Å². The summed E-state index contributed by atoms with van der Waals surface area (Å²) >= 11 is 1.59. The molecule has 22 heavy (non-hydrogen) atoms. The fraction of sp³-hybridized carbons (Fsp3) is 0.714. The first-order valence-electron chi connectivity index (χ1n) is 7.70. The minimum Gasteiger partial charge on any atom is -0.339 e. The maximum absolute atomic E-state index is 5.22. The van der Waals surface area contributed by atoms with E-state index in [2.05, 4.69) is 30.2 Å². The fourth-order valence-electron chi connectivity index (χ4n) is 2.57. The molecule has 0 unspecified atom stereocenters. The van der Waals surface area contributed by atoms with Gasteiger partial charge in [-0.1, -0.05) is 30.8 Å². The van der Waals surface area contributed by atoms with E-state index >= 15 is 0 Å². The summed E-state index contributed by atoms with van der Waals surface area (Å²) in [6.45, 7) is 6.17. The first-order chi connectivity index (χ1) is 10.6.